The maximum absolute atomic E-state index is 12.9. The highest BCUT2D eigenvalue weighted by atomic mass is 19.3. The summed E-state index contributed by atoms with van der Waals surface area (Å²) >= 11 is 0. The number of fused-ring (bicyclic) bond motifs is 1. The van der Waals surface area contributed by atoms with Gasteiger partial charge in [0.2, 0.25) is 0 Å². The number of phenolic OH excluding ortho intramolecular Hbond substituents is 1. The van der Waals surface area contributed by atoms with Gasteiger partial charge < -0.3 is 10.4 Å². The zero-order valence-corrected chi connectivity index (χ0v) is 6.85. The van der Waals surface area contributed by atoms with Gasteiger partial charge in [0, 0.05) is 6.42 Å². The lowest BCUT2D eigenvalue weighted by Gasteiger charge is -2.26. The first-order valence-corrected chi connectivity index (χ1v) is 4.01. The molecule has 0 unspecified atom stereocenters. The van der Waals surface area contributed by atoms with E-state index < -0.39 is 12.5 Å². The lowest BCUT2D eigenvalue weighted by molar-refractivity contribution is 0.0128. The van der Waals surface area contributed by atoms with Crippen molar-refractivity contribution in [1.29, 1.82) is 0 Å². The standard InChI is InChI=1S/C9H9F2NO/c10-9(11)4-6-2-1-3-7(13)8(6)12-5-9/h1-3,12-13H,4-5H2. The molecule has 0 spiro atoms. The lowest BCUT2D eigenvalue weighted by atomic mass is 10.0. The first kappa shape index (κ1) is 8.29. The maximum atomic E-state index is 12.9. The molecule has 2 N–H and O–H groups in total. The van der Waals surface area contributed by atoms with Crippen LogP contribution in [-0.2, 0) is 6.42 Å². The molecular weight excluding hydrogens is 176 g/mol. The first-order chi connectivity index (χ1) is 6.08. The predicted molar refractivity (Wildman–Crippen MR) is 45.2 cm³/mol. The minimum atomic E-state index is -2.71. The van der Waals surface area contributed by atoms with Crippen LogP contribution in [0.1, 0.15) is 5.56 Å². The third-order valence-electron chi connectivity index (χ3n) is 2.10. The van der Waals surface area contributed by atoms with Crippen molar-refractivity contribution in [2.24, 2.45) is 0 Å². The van der Waals surface area contributed by atoms with Crippen LogP contribution in [0.3, 0.4) is 0 Å². The Bertz CT molecular complexity index is 338. The number of alkyl halides is 2. The molecule has 1 aromatic carbocycles. The van der Waals surface area contributed by atoms with Gasteiger partial charge in [0.05, 0.1) is 12.2 Å². The summed E-state index contributed by atoms with van der Waals surface area (Å²) < 4.78 is 25.7. The summed E-state index contributed by atoms with van der Waals surface area (Å²) in [4.78, 5) is 0. The molecule has 0 bridgehead atoms. The van der Waals surface area contributed by atoms with Crippen LogP contribution >= 0.6 is 0 Å². The molecule has 1 aliphatic rings. The Kier molecular flexibility index (Phi) is 1.65. The van der Waals surface area contributed by atoms with Crippen LogP contribution in [0.25, 0.3) is 0 Å². The number of hydrogen-bond donors (Lipinski definition) is 2. The van der Waals surface area contributed by atoms with E-state index in [4.69, 9.17) is 0 Å². The van der Waals surface area contributed by atoms with E-state index in [2.05, 4.69) is 5.32 Å². The summed E-state index contributed by atoms with van der Waals surface area (Å²) in [6.45, 7) is -0.405. The summed E-state index contributed by atoms with van der Waals surface area (Å²) in [5, 5.41) is 11.8. The quantitative estimate of drug-likeness (QED) is 0.606. The van der Waals surface area contributed by atoms with Crippen LogP contribution in [0.15, 0.2) is 18.2 Å². The van der Waals surface area contributed by atoms with Gasteiger partial charge in [-0.3, -0.25) is 0 Å². The van der Waals surface area contributed by atoms with Gasteiger partial charge in [0.25, 0.3) is 5.92 Å². The maximum Gasteiger partial charge on any atom is 0.269 e. The SMILES string of the molecule is Oc1cccc2c1NCC(F)(F)C2. The Balaban J connectivity index is 2.42. The fraction of sp³-hybridized carbons (Fsp3) is 0.333. The summed E-state index contributed by atoms with van der Waals surface area (Å²) in [5.74, 6) is -2.67. The van der Waals surface area contributed by atoms with Gasteiger partial charge in [-0.05, 0) is 11.6 Å². The van der Waals surface area contributed by atoms with Crippen LogP contribution in [0.5, 0.6) is 5.75 Å². The van der Waals surface area contributed by atoms with Crippen molar-refractivity contribution in [2.75, 3.05) is 11.9 Å². The number of para-hydroxylation sites is 1. The van der Waals surface area contributed by atoms with Crippen LogP contribution in [-0.4, -0.2) is 17.6 Å². The number of aromatic hydroxyl groups is 1. The molecule has 4 heteroatoms. The second-order valence-electron chi connectivity index (χ2n) is 3.20. The van der Waals surface area contributed by atoms with Crippen molar-refractivity contribution in [3.63, 3.8) is 0 Å². The predicted octanol–water partition coefficient (Wildman–Crippen LogP) is 2.00. The summed E-state index contributed by atoms with van der Waals surface area (Å²) in [7, 11) is 0. The molecule has 0 amide bonds. The number of nitrogens with one attached hydrogen (secondary N) is 1. The second-order valence-corrected chi connectivity index (χ2v) is 3.20. The van der Waals surface area contributed by atoms with Crippen molar-refractivity contribution >= 4 is 5.69 Å². The van der Waals surface area contributed by atoms with Crippen molar-refractivity contribution in [3.05, 3.63) is 23.8 Å². The number of anilines is 1. The molecule has 2 rings (SSSR count). The van der Waals surface area contributed by atoms with E-state index in [1.54, 1.807) is 12.1 Å². The normalized spacial score (nSPS) is 18.9. The Morgan fingerprint density at radius 1 is 1.38 bits per heavy atom. The lowest BCUT2D eigenvalue weighted by Crippen LogP contribution is -2.34. The Labute approximate surface area is 74.2 Å². The van der Waals surface area contributed by atoms with Crippen molar-refractivity contribution in [1.82, 2.24) is 0 Å². The molecule has 2 nitrogen and oxygen atoms in total. The fourth-order valence-corrected chi connectivity index (χ4v) is 1.50. The highest BCUT2D eigenvalue weighted by Gasteiger charge is 2.34. The first-order valence-electron chi connectivity index (χ1n) is 4.01. The van der Waals surface area contributed by atoms with Gasteiger partial charge in [0.15, 0.2) is 0 Å². The number of benzene rings is 1. The topological polar surface area (TPSA) is 32.3 Å². The second kappa shape index (κ2) is 2.58. The fourth-order valence-electron chi connectivity index (χ4n) is 1.50. The van der Waals surface area contributed by atoms with Crippen LogP contribution in [0, 0.1) is 0 Å². The van der Waals surface area contributed by atoms with Gasteiger partial charge in [-0.25, -0.2) is 8.78 Å². The highest BCUT2D eigenvalue weighted by molar-refractivity contribution is 5.63. The molecule has 1 heterocycles. The van der Waals surface area contributed by atoms with E-state index in [1.165, 1.54) is 6.07 Å². The molecule has 1 aliphatic heterocycles. The van der Waals surface area contributed by atoms with Crippen LogP contribution in [0.2, 0.25) is 0 Å². The average Bonchev–Trinajstić information content (AvgIpc) is 2.02. The molecule has 0 radical (unpaired) electrons. The highest BCUT2D eigenvalue weighted by Crippen LogP contribution is 2.35. The molecule has 70 valence electrons. The van der Waals surface area contributed by atoms with Gasteiger partial charge in [-0.2, -0.15) is 0 Å². The van der Waals surface area contributed by atoms with Crippen LogP contribution < -0.4 is 5.32 Å². The van der Waals surface area contributed by atoms with E-state index in [9.17, 15) is 13.9 Å². The number of hydrogen-bond acceptors (Lipinski definition) is 2. The molecule has 0 aliphatic carbocycles. The number of rotatable bonds is 0. The monoisotopic (exact) mass is 185 g/mol. The van der Waals surface area contributed by atoms with Gasteiger partial charge >= 0.3 is 0 Å². The molecule has 0 atom stereocenters. The smallest absolute Gasteiger partial charge is 0.269 e. The molecule has 1 aromatic rings. The average molecular weight is 185 g/mol. The molecule has 0 fully saturated rings. The van der Waals surface area contributed by atoms with Gasteiger partial charge in [0.1, 0.15) is 5.75 Å². The Morgan fingerprint density at radius 2 is 2.15 bits per heavy atom. The third kappa shape index (κ3) is 1.43. The van der Waals surface area contributed by atoms with E-state index >= 15 is 0 Å². The van der Waals surface area contributed by atoms with Gasteiger partial charge in [-0.1, -0.05) is 12.1 Å². The van der Waals surface area contributed by atoms with Crippen molar-refractivity contribution in [2.45, 2.75) is 12.3 Å². The van der Waals surface area contributed by atoms with Crippen molar-refractivity contribution in [3.8, 4) is 5.75 Å². The molecule has 0 saturated heterocycles. The minimum absolute atomic E-state index is 0.0352. The molecule has 0 saturated carbocycles. The van der Waals surface area contributed by atoms with Gasteiger partial charge in [-0.15, -0.1) is 0 Å². The molecule has 0 aromatic heterocycles. The summed E-state index contributed by atoms with van der Waals surface area (Å²) in [5.41, 5.74) is 0.907. The Hall–Kier alpha value is -1.32. The largest absolute Gasteiger partial charge is 0.506 e. The van der Waals surface area contributed by atoms with Crippen molar-refractivity contribution < 1.29 is 13.9 Å². The third-order valence-corrected chi connectivity index (χ3v) is 2.10. The molecule has 13 heavy (non-hydrogen) atoms. The minimum Gasteiger partial charge on any atom is -0.506 e. The summed E-state index contributed by atoms with van der Waals surface area (Å²) in [6.07, 6.45) is -0.302. The van der Waals surface area contributed by atoms with E-state index in [0.29, 0.717) is 11.3 Å². The summed E-state index contributed by atoms with van der Waals surface area (Å²) in [6, 6.07) is 4.64. The van der Waals surface area contributed by atoms with E-state index in [0.717, 1.165) is 0 Å². The number of halogens is 2. The molecular formula is C9H9F2NO. The van der Waals surface area contributed by atoms with Crippen LogP contribution in [0.4, 0.5) is 14.5 Å². The van der Waals surface area contributed by atoms with E-state index in [1.807, 2.05) is 0 Å². The zero-order chi connectivity index (χ0) is 9.47. The Morgan fingerprint density at radius 3 is 2.92 bits per heavy atom. The van der Waals surface area contributed by atoms with E-state index in [-0.39, 0.29) is 12.2 Å². The zero-order valence-electron chi connectivity index (χ0n) is 6.85. The number of phenols is 1.